The normalized spacial score (nSPS) is 10.4. The van der Waals surface area contributed by atoms with E-state index < -0.39 is 0 Å². The molecule has 6 nitrogen and oxygen atoms in total. The molecule has 0 spiro atoms. The predicted octanol–water partition coefficient (Wildman–Crippen LogP) is 3.85. The van der Waals surface area contributed by atoms with Gasteiger partial charge in [0.1, 0.15) is 11.5 Å². The molecular weight excluding hydrogens is 336 g/mol. The minimum atomic E-state index is 0.453. The molecule has 2 rings (SSSR count). The Morgan fingerprint density at radius 2 is 1.15 bits per heavy atom. The van der Waals surface area contributed by atoms with Gasteiger partial charge in [-0.15, -0.1) is 0 Å². The number of methoxy groups -OCH3 is 6. The number of ether oxygens (including phenoxy) is 6. The van der Waals surface area contributed by atoms with Gasteiger partial charge in [0.2, 0.25) is 5.75 Å². The van der Waals surface area contributed by atoms with Crippen LogP contribution in [-0.4, -0.2) is 42.7 Å². The van der Waals surface area contributed by atoms with Gasteiger partial charge in [-0.25, -0.2) is 0 Å². The van der Waals surface area contributed by atoms with Gasteiger partial charge in [-0.1, -0.05) is 0 Å². The molecule has 2 aromatic rings. The van der Waals surface area contributed by atoms with E-state index in [2.05, 4.69) is 0 Å². The van der Waals surface area contributed by atoms with E-state index in [1.807, 2.05) is 25.1 Å². The fraction of sp³-hybridized carbons (Fsp3) is 0.400. The summed E-state index contributed by atoms with van der Waals surface area (Å²) in [4.78, 5) is 0. The second-order valence-corrected chi connectivity index (χ2v) is 5.65. The zero-order valence-electron chi connectivity index (χ0n) is 16.4. The molecule has 0 aliphatic rings. The Morgan fingerprint density at radius 1 is 0.615 bits per heavy atom. The Labute approximate surface area is 154 Å². The van der Waals surface area contributed by atoms with Gasteiger partial charge in [0.15, 0.2) is 11.5 Å². The number of aryl methyl sites for hydroxylation is 1. The van der Waals surface area contributed by atoms with Gasteiger partial charge in [0.25, 0.3) is 0 Å². The van der Waals surface area contributed by atoms with Crippen molar-refractivity contribution < 1.29 is 28.4 Å². The smallest absolute Gasteiger partial charge is 0.203 e. The van der Waals surface area contributed by atoms with Crippen LogP contribution in [0.5, 0.6) is 28.7 Å². The highest BCUT2D eigenvalue weighted by Crippen LogP contribution is 2.51. The molecule has 0 heterocycles. The van der Waals surface area contributed by atoms with E-state index in [9.17, 15) is 0 Å². The van der Waals surface area contributed by atoms with E-state index >= 15 is 0 Å². The van der Waals surface area contributed by atoms with Crippen molar-refractivity contribution in [2.75, 3.05) is 42.7 Å². The lowest BCUT2D eigenvalue weighted by Crippen LogP contribution is -2.02. The third kappa shape index (κ3) is 3.51. The van der Waals surface area contributed by atoms with E-state index in [4.69, 9.17) is 28.4 Å². The van der Waals surface area contributed by atoms with Gasteiger partial charge in [-0.2, -0.15) is 0 Å². The molecule has 0 aliphatic carbocycles. The number of hydrogen-bond acceptors (Lipinski definition) is 6. The SMILES string of the molecule is COCc1cc(OC)c(-c2c(C)cc(OC)c(OC)c2OC)c(OC)c1. The Bertz CT molecular complexity index is 744. The third-order valence-corrected chi connectivity index (χ3v) is 4.15. The van der Waals surface area contributed by atoms with Crippen LogP contribution in [0.3, 0.4) is 0 Å². The van der Waals surface area contributed by atoms with Crippen molar-refractivity contribution in [3.63, 3.8) is 0 Å². The summed E-state index contributed by atoms with van der Waals surface area (Å²) in [6.45, 7) is 2.43. The molecule has 2 aromatic carbocycles. The number of benzene rings is 2. The molecule has 0 bridgehead atoms. The van der Waals surface area contributed by atoms with Crippen LogP contribution in [-0.2, 0) is 11.3 Å². The van der Waals surface area contributed by atoms with Crippen LogP contribution in [0.25, 0.3) is 11.1 Å². The topological polar surface area (TPSA) is 55.4 Å². The van der Waals surface area contributed by atoms with Gasteiger partial charge in [-0.05, 0) is 36.2 Å². The zero-order valence-corrected chi connectivity index (χ0v) is 16.4. The first-order chi connectivity index (χ1) is 12.6. The Balaban J connectivity index is 2.86. The fourth-order valence-corrected chi connectivity index (χ4v) is 3.05. The highest BCUT2D eigenvalue weighted by atomic mass is 16.5. The lowest BCUT2D eigenvalue weighted by atomic mass is 9.95. The maximum absolute atomic E-state index is 5.68. The first kappa shape index (κ1) is 19.7. The maximum Gasteiger partial charge on any atom is 0.203 e. The molecule has 0 amide bonds. The van der Waals surface area contributed by atoms with Gasteiger partial charge in [0.05, 0.1) is 47.7 Å². The average Bonchev–Trinajstić information content (AvgIpc) is 2.66. The standard InChI is InChI=1S/C20H26O6/c1-12-8-16(24-5)19(25-6)20(26-7)17(12)18-14(22-3)9-13(11-21-2)10-15(18)23-4/h8-10H,11H2,1-7H3. The summed E-state index contributed by atoms with van der Waals surface area (Å²) in [5.74, 6) is 2.98. The van der Waals surface area contributed by atoms with E-state index in [0.29, 0.717) is 35.4 Å². The van der Waals surface area contributed by atoms with Gasteiger partial charge >= 0.3 is 0 Å². The summed E-state index contributed by atoms with van der Waals surface area (Å²) >= 11 is 0. The molecule has 0 N–H and O–H groups in total. The van der Waals surface area contributed by atoms with Crippen molar-refractivity contribution in [1.29, 1.82) is 0 Å². The summed E-state index contributed by atoms with van der Waals surface area (Å²) in [5, 5.41) is 0. The number of hydrogen-bond donors (Lipinski definition) is 0. The second-order valence-electron chi connectivity index (χ2n) is 5.65. The summed E-state index contributed by atoms with van der Waals surface area (Å²) in [6.07, 6.45) is 0. The predicted molar refractivity (Wildman–Crippen MR) is 100 cm³/mol. The molecule has 0 fully saturated rings. The lowest BCUT2D eigenvalue weighted by molar-refractivity contribution is 0.184. The minimum Gasteiger partial charge on any atom is -0.496 e. The summed E-state index contributed by atoms with van der Waals surface area (Å²) < 4.78 is 33.2. The van der Waals surface area contributed by atoms with Crippen LogP contribution < -0.4 is 23.7 Å². The summed E-state index contributed by atoms with van der Waals surface area (Å²) in [5.41, 5.74) is 3.49. The Morgan fingerprint density at radius 3 is 1.58 bits per heavy atom. The molecule has 0 unspecified atom stereocenters. The highest BCUT2D eigenvalue weighted by molar-refractivity contribution is 5.87. The van der Waals surface area contributed by atoms with E-state index in [1.165, 1.54) is 0 Å². The summed E-state index contributed by atoms with van der Waals surface area (Å²) in [6, 6.07) is 5.76. The highest BCUT2D eigenvalue weighted by Gasteiger charge is 2.25. The van der Waals surface area contributed by atoms with Crippen LogP contribution in [0.15, 0.2) is 18.2 Å². The second kappa shape index (κ2) is 8.67. The molecule has 0 saturated heterocycles. The van der Waals surface area contributed by atoms with E-state index in [1.54, 1.807) is 42.7 Å². The fourth-order valence-electron chi connectivity index (χ4n) is 3.05. The van der Waals surface area contributed by atoms with Crippen molar-refractivity contribution >= 4 is 0 Å². The molecule has 0 aromatic heterocycles. The molecule has 0 aliphatic heterocycles. The molecule has 0 atom stereocenters. The van der Waals surface area contributed by atoms with Crippen LogP contribution in [0.1, 0.15) is 11.1 Å². The monoisotopic (exact) mass is 362 g/mol. The molecule has 0 radical (unpaired) electrons. The van der Waals surface area contributed by atoms with Gasteiger partial charge in [0, 0.05) is 12.7 Å². The molecule has 0 saturated carbocycles. The quantitative estimate of drug-likeness (QED) is 0.711. The van der Waals surface area contributed by atoms with E-state index in [0.717, 1.165) is 22.3 Å². The molecule has 6 heteroatoms. The Hall–Kier alpha value is -2.60. The largest absolute Gasteiger partial charge is 0.496 e. The first-order valence-corrected chi connectivity index (χ1v) is 8.09. The van der Waals surface area contributed by atoms with Crippen molar-refractivity contribution in [2.24, 2.45) is 0 Å². The molecule has 26 heavy (non-hydrogen) atoms. The lowest BCUT2D eigenvalue weighted by Gasteiger charge is -2.22. The maximum atomic E-state index is 5.68. The number of rotatable bonds is 8. The van der Waals surface area contributed by atoms with Gasteiger partial charge in [-0.3, -0.25) is 0 Å². The van der Waals surface area contributed by atoms with Gasteiger partial charge < -0.3 is 28.4 Å². The van der Waals surface area contributed by atoms with Crippen molar-refractivity contribution in [3.05, 3.63) is 29.3 Å². The average molecular weight is 362 g/mol. The molecule has 142 valence electrons. The summed E-state index contributed by atoms with van der Waals surface area (Å²) in [7, 11) is 9.66. The van der Waals surface area contributed by atoms with E-state index in [-0.39, 0.29) is 0 Å². The third-order valence-electron chi connectivity index (χ3n) is 4.15. The zero-order chi connectivity index (χ0) is 19.3. The first-order valence-electron chi connectivity index (χ1n) is 8.09. The van der Waals surface area contributed by atoms with Crippen LogP contribution >= 0.6 is 0 Å². The minimum absolute atomic E-state index is 0.453. The van der Waals surface area contributed by atoms with Crippen molar-refractivity contribution in [2.45, 2.75) is 13.5 Å². The van der Waals surface area contributed by atoms with Crippen LogP contribution in [0.2, 0.25) is 0 Å². The molecular formula is C20H26O6. The van der Waals surface area contributed by atoms with Crippen LogP contribution in [0, 0.1) is 6.92 Å². The van der Waals surface area contributed by atoms with Crippen molar-refractivity contribution in [3.8, 4) is 39.9 Å². The Kier molecular flexibility index (Phi) is 6.58. The van der Waals surface area contributed by atoms with Crippen LogP contribution in [0.4, 0.5) is 0 Å². The van der Waals surface area contributed by atoms with Crippen molar-refractivity contribution in [1.82, 2.24) is 0 Å².